The first-order valence-electron chi connectivity index (χ1n) is 6.65. The largest absolute Gasteiger partial charge is 0.370 e. The van der Waals surface area contributed by atoms with Crippen LogP contribution in [0.2, 0.25) is 0 Å². The molecule has 0 aliphatic heterocycles. The highest BCUT2D eigenvalue weighted by atomic mass is 16.2. The second kappa shape index (κ2) is 6.18. The van der Waals surface area contributed by atoms with E-state index in [1.54, 1.807) is 6.07 Å². The quantitative estimate of drug-likeness (QED) is 0.879. The molecule has 0 spiro atoms. The minimum absolute atomic E-state index is 0.178. The Morgan fingerprint density at radius 2 is 2.00 bits per heavy atom. The van der Waals surface area contributed by atoms with Crippen LogP contribution in [0, 0.1) is 0 Å². The van der Waals surface area contributed by atoms with Gasteiger partial charge in [0.05, 0.1) is 12.2 Å². The van der Waals surface area contributed by atoms with E-state index in [-0.39, 0.29) is 17.8 Å². The molecule has 0 saturated carbocycles. The van der Waals surface area contributed by atoms with E-state index in [1.807, 2.05) is 26.0 Å². The van der Waals surface area contributed by atoms with Gasteiger partial charge in [0, 0.05) is 25.4 Å². The zero-order chi connectivity index (χ0) is 14.5. The van der Waals surface area contributed by atoms with E-state index in [9.17, 15) is 9.59 Å². The van der Waals surface area contributed by atoms with E-state index in [4.69, 9.17) is 0 Å². The second-order valence-corrected chi connectivity index (χ2v) is 4.35. The Bertz CT molecular complexity index is 703. The van der Waals surface area contributed by atoms with Crippen LogP contribution in [-0.2, 0) is 13.1 Å². The first kappa shape index (κ1) is 14.0. The Morgan fingerprint density at radius 1 is 1.20 bits per heavy atom. The highest BCUT2D eigenvalue weighted by Gasteiger charge is 2.06. The van der Waals surface area contributed by atoms with Gasteiger partial charge in [0.25, 0.3) is 5.56 Å². The third-order valence-corrected chi connectivity index (χ3v) is 2.97. The van der Waals surface area contributed by atoms with E-state index in [0.717, 1.165) is 12.4 Å². The van der Waals surface area contributed by atoms with Crippen molar-refractivity contribution in [2.24, 2.45) is 0 Å². The lowest BCUT2D eigenvalue weighted by Crippen LogP contribution is -2.39. The van der Waals surface area contributed by atoms with Gasteiger partial charge in [0.15, 0.2) is 0 Å². The molecular weight excluding hydrogens is 256 g/mol. The molecule has 2 aromatic rings. The fourth-order valence-electron chi connectivity index (χ4n) is 1.95. The minimum Gasteiger partial charge on any atom is -0.370 e. The predicted molar refractivity (Wildman–Crippen MR) is 78.1 cm³/mol. The fourth-order valence-corrected chi connectivity index (χ4v) is 1.95. The number of hydrogen-bond donors (Lipinski definition) is 1. The normalized spacial score (nSPS) is 10.5. The number of rotatable bonds is 5. The molecule has 0 saturated heterocycles. The molecule has 0 fully saturated rings. The van der Waals surface area contributed by atoms with E-state index >= 15 is 0 Å². The van der Waals surface area contributed by atoms with Gasteiger partial charge in [-0.1, -0.05) is 6.07 Å². The standard InChI is InChI=1S/C14H18N4O2/c1-3-15-12-7-5-6-11(16-12)10-18-13(19)8-9-17(4-2)14(18)20/h5-9H,3-4,10H2,1-2H3,(H,15,16). The van der Waals surface area contributed by atoms with Crippen molar-refractivity contribution in [2.75, 3.05) is 11.9 Å². The van der Waals surface area contributed by atoms with Gasteiger partial charge in [-0.15, -0.1) is 0 Å². The van der Waals surface area contributed by atoms with E-state index < -0.39 is 0 Å². The molecule has 0 bridgehead atoms. The van der Waals surface area contributed by atoms with Crippen LogP contribution in [0.15, 0.2) is 40.1 Å². The summed E-state index contributed by atoms with van der Waals surface area (Å²) < 4.78 is 2.69. The van der Waals surface area contributed by atoms with Crippen molar-refractivity contribution in [3.63, 3.8) is 0 Å². The number of nitrogens with one attached hydrogen (secondary N) is 1. The van der Waals surface area contributed by atoms with Crippen LogP contribution in [0.3, 0.4) is 0 Å². The van der Waals surface area contributed by atoms with Gasteiger partial charge in [0.2, 0.25) is 0 Å². The molecule has 0 aromatic carbocycles. The zero-order valence-corrected chi connectivity index (χ0v) is 11.7. The molecule has 2 aromatic heterocycles. The molecule has 6 heteroatoms. The van der Waals surface area contributed by atoms with Gasteiger partial charge in [-0.3, -0.25) is 9.36 Å². The smallest absolute Gasteiger partial charge is 0.331 e. The number of anilines is 1. The van der Waals surface area contributed by atoms with Crippen molar-refractivity contribution in [1.82, 2.24) is 14.1 Å². The molecule has 0 aliphatic rings. The molecule has 0 radical (unpaired) electrons. The van der Waals surface area contributed by atoms with E-state index in [0.29, 0.717) is 12.2 Å². The summed E-state index contributed by atoms with van der Waals surface area (Å²) in [5.41, 5.74) is 0.0579. The average Bonchev–Trinajstić information content (AvgIpc) is 2.44. The molecule has 2 rings (SSSR count). The number of nitrogens with zero attached hydrogens (tertiary/aromatic N) is 3. The number of hydrogen-bond acceptors (Lipinski definition) is 4. The summed E-state index contributed by atoms with van der Waals surface area (Å²) in [7, 11) is 0. The molecule has 6 nitrogen and oxygen atoms in total. The SMILES string of the molecule is CCNc1cccc(Cn2c(=O)ccn(CC)c2=O)n1. The highest BCUT2D eigenvalue weighted by Crippen LogP contribution is 2.04. The number of pyridine rings is 1. The highest BCUT2D eigenvalue weighted by molar-refractivity contribution is 5.35. The van der Waals surface area contributed by atoms with Crippen molar-refractivity contribution in [1.29, 1.82) is 0 Å². The van der Waals surface area contributed by atoms with Crippen molar-refractivity contribution in [3.8, 4) is 0 Å². The molecule has 106 valence electrons. The lowest BCUT2D eigenvalue weighted by molar-refractivity contribution is 0.595. The molecule has 0 amide bonds. The van der Waals surface area contributed by atoms with Gasteiger partial charge in [0.1, 0.15) is 5.82 Å². The molecular formula is C14H18N4O2. The maximum Gasteiger partial charge on any atom is 0.331 e. The molecule has 0 aliphatic carbocycles. The van der Waals surface area contributed by atoms with Gasteiger partial charge in [-0.2, -0.15) is 0 Å². The van der Waals surface area contributed by atoms with Gasteiger partial charge < -0.3 is 9.88 Å². The zero-order valence-electron chi connectivity index (χ0n) is 11.7. The monoisotopic (exact) mass is 274 g/mol. The summed E-state index contributed by atoms with van der Waals surface area (Å²) in [5, 5.41) is 3.10. The van der Waals surface area contributed by atoms with Crippen LogP contribution in [0.1, 0.15) is 19.5 Å². The third kappa shape index (κ3) is 2.96. The van der Waals surface area contributed by atoms with Crippen molar-refractivity contribution < 1.29 is 0 Å². The van der Waals surface area contributed by atoms with Gasteiger partial charge >= 0.3 is 5.69 Å². The van der Waals surface area contributed by atoms with Crippen LogP contribution >= 0.6 is 0 Å². The van der Waals surface area contributed by atoms with Crippen LogP contribution in [0.25, 0.3) is 0 Å². The summed E-state index contributed by atoms with van der Waals surface area (Å²) in [6.45, 7) is 5.32. The van der Waals surface area contributed by atoms with Crippen LogP contribution < -0.4 is 16.6 Å². The van der Waals surface area contributed by atoms with Gasteiger partial charge in [-0.25, -0.2) is 9.78 Å². The Labute approximate surface area is 116 Å². The maximum absolute atomic E-state index is 12.1. The van der Waals surface area contributed by atoms with E-state index in [2.05, 4.69) is 10.3 Å². The second-order valence-electron chi connectivity index (χ2n) is 4.35. The third-order valence-electron chi connectivity index (χ3n) is 2.97. The minimum atomic E-state index is -0.310. The number of aryl methyl sites for hydroxylation is 1. The lowest BCUT2D eigenvalue weighted by Gasteiger charge is -2.09. The Balaban J connectivity index is 2.37. The molecule has 1 N–H and O–H groups in total. The van der Waals surface area contributed by atoms with E-state index in [1.165, 1.54) is 21.4 Å². The summed E-state index contributed by atoms with van der Waals surface area (Å²) in [5.74, 6) is 0.741. The van der Waals surface area contributed by atoms with Crippen LogP contribution in [0.5, 0.6) is 0 Å². The van der Waals surface area contributed by atoms with Gasteiger partial charge in [-0.05, 0) is 26.0 Å². The van der Waals surface area contributed by atoms with Crippen LogP contribution in [-0.4, -0.2) is 20.7 Å². The summed E-state index contributed by atoms with van der Waals surface area (Å²) >= 11 is 0. The molecule has 20 heavy (non-hydrogen) atoms. The Morgan fingerprint density at radius 3 is 2.70 bits per heavy atom. The Kier molecular flexibility index (Phi) is 4.34. The summed E-state index contributed by atoms with van der Waals surface area (Å²) in [6.07, 6.45) is 1.52. The van der Waals surface area contributed by atoms with Crippen LogP contribution in [0.4, 0.5) is 5.82 Å². The maximum atomic E-state index is 12.1. The first-order chi connectivity index (χ1) is 9.65. The average molecular weight is 274 g/mol. The van der Waals surface area contributed by atoms with Crippen molar-refractivity contribution in [2.45, 2.75) is 26.9 Å². The molecule has 0 unspecified atom stereocenters. The van der Waals surface area contributed by atoms with Crippen molar-refractivity contribution in [3.05, 3.63) is 57.0 Å². The lowest BCUT2D eigenvalue weighted by atomic mass is 10.3. The predicted octanol–water partition coefficient (Wildman–Crippen LogP) is 0.905. The fraction of sp³-hybridized carbons (Fsp3) is 0.357. The number of aromatic nitrogens is 3. The topological polar surface area (TPSA) is 68.9 Å². The summed E-state index contributed by atoms with van der Waals surface area (Å²) in [4.78, 5) is 28.3. The first-order valence-corrected chi connectivity index (χ1v) is 6.65. The molecule has 2 heterocycles. The molecule has 0 atom stereocenters. The van der Waals surface area contributed by atoms with Crippen molar-refractivity contribution >= 4 is 5.82 Å². The summed E-state index contributed by atoms with van der Waals surface area (Å²) in [6, 6.07) is 6.91. The Hall–Kier alpha value is -2.37.